The highest BCUT2D eigenvalue weighted by atomic mass is 32.2. The van der Waals surface area contributed by atoms with E-state index >= 15 is 0 Å². The second-order valence-corrected chi connectivity index (χ2v) is 7.95. The van der Waals surface area contributed by atoms with Crippen molar-refractivity contribution < 1.29 is 19.5 Å². The van der Waals surface area contributed by atoms with E-state index in [4.69, 9.17) is 12.2 Å². The lowest BCUT2D eigenvalue weighted by molar-refractivity contribution is -0.142. The molecule has 2 rings (SSSR count). The predicted molar refractivity (Wildman–Crippen MR) is 110 cm³/mol. The van der Waals surface area contributed by atoms with E-state index in [0.29, 0.717) is 17.7 Å². The van der Waals surface area contributed by atoms with Gasteiger partial charge in [0, 0.05) is 0 Å². The Bertz CT molecular complexity index is 774. The number of carboxylic acids is 1. The van der Waals surface area contributed by atoms with Crippen LogP contribution in [-0.2, 0) is 14.4 Å². The van der Waals surface area contributed by atoms with Crippen LogP contribution < -0.4 is 5.32 Å². The fourth-order valence-electron chi connectivity index (χ4n) is 2.50. The van der Waals surface area contributed by atoms with Gasteiger partial charge < -0.3 is 10.4 Å². The fourth-order valence-corrected chi connectivity index (χ4v) is 3.75. The van der Waals surface area contributed by atoms with Crippen molar-refractivity contribution in [3.05, 3.63) is 40.3 Å². The van der Waals surface area contributed by atoms with Gasteiger partial charge >= 0.3 is 5.97 Å². The molecule has 2 amide bonds. The molecule has 6 nitrogen and oxygen atoms in total. The normalized spacial score (nSPS) is 16.7. The molecule has 0 saturated carbocycles. The van der Waals surface area contributed by atoms with Crippen molar-refractivity contribution >= 4 is 52.2 Å². The van der Waals surface area contributed by atoms with E-state index in [1.165, 1.54) is 4.90 Å². The quantitative estimate of drug-likeness (QED) is 0.510. The van der Waals surface area contributed by atoms with Crippen molar-refractivity contribution in [3.63, 3.8) is 0 Å². The summed E-state index contributed by atoms with van der Waals surface area (Å²) in [4.78, 5) is 37.7. The lowest BCUT2D eigenvalue weighted by atomic mass is 10.1. The molecular formula is C19H22N2O4S2. The zero-order valence-corrected chi connectivity index (χ0v) is 16.9. The second kappa shape index (κ2) is 9.66. The summed E-state index contributed by atoms with van der Waals surface area (Å²) in [6.45, 7) is 3.64. The maximum absolute atomic E-state index is 12.6. The Morgan fingerprint density at radius 2 is 2.00 bits per heavy atom. The number of thioether (sulfide) groups is 1. The number of rotatable bonds is 8. The minimum Gasteiger partial charge on any atom is -0.480 e. The summed E-state index contributed by atoms with van der Waals surface area (Å²) in [6, 6.07) is 6.74. The average Bonchev–Trinajstić information content (AvgIpc) is 2.87. The van der Waals surface area contributed by atoms with Gasteiger partial charge in [0.1, 0.15) is 16.9 Å². The maximum Gasteiger partial charge on any atom is 0.326 e. The number of carboxylic acid groups (broad SMARTS) is 1. The summed E-state index contributed by atoms with van der Waals surface area (Å²) < 4.78 is 0.286. The number of aryl methyl sites for hydroxylation is 1. The minimum absolute atomic E-state index is 0.286. The average molecular weight is 407 g/mol. The van der Waals surface area contributed by atoms with E-state index in [1.54, 1.807) is 6.08 Å². The summed E-state index contributed by atoms with van der Waals surface area (Å²) in [7, 11) is 0. The molecule has 1 aromatic carbocycles. The molecule has 0 spiro atoms. The Morgan fingerprint density at radius 1 is 1.33 bits per heavy atom. The molecule has 0 radical (unpaired) electrons. The second-order valence-electron chi connectivity index (χ2n) is 6.28. The first-order valence-corrected chi connectivity index (χ1v) is 9.88. The molecular weight excluding hydrogens is 384 g/mol. The number of nitrogens with one attached hydrogen (secondary N) is 1. The van der Waals surface area contributed by atoms with Gasteiger partial charge in [-0.2, -0.15) is 0 Å². The third-order valence-electron chi connectivity index (χ3n) is 4.03. The van der Waals surface area contributed by atoms with Crippen LogP contribution in [-0.4, -0.2) is 44.7 Å². The number of aliphatic carboxylic acids is 1. The molecule has 1 aliphatic heterocycles. The molecule has 0 bridgehead atoms. The van der Waals surface area contributed by atoms with Crippen LogP contribution in [0.1, 0.15) is 37.3 Å². The molecule has 1 aliphatic rings. The van der Waals surface area contributed by atoms with E-state index < -0.39 is 17.9 Å². The molecule has 0 aliphatic carbocycles. The Morgan fingerprint density at radius 3 is 2.59 bits per heavy atom. The maximum atomic E-state index is 12.6. The van der Waals surface area contributed by atoms with Crippen molar-refractivity contribution in [2.24, 2.45) is 0 Å². The van der Waals surface area contributed by atoms with E-state index in [-0.39, 0.29) is 16.8 Å². The number of hydrogen-bond acceptors (Lipinski definition) is 5. The number of unbranched alkanes of at least 4 members (excludes halogenated alkanes) is 1. The first kappa shape index (κ1) is 21.1. The highest BCUT2D eigenvalue weighted by Gasteiger charge is 2.34. The van der Waals surface area contributed by atoms with Gasteiger partial charge in [0.05, 0.1) is 4.91 Å². The zero-order valence-electron chi connectivity index (χ0n) is 15.2. The Kier molecular flexibility index (Phi) is 7.55. The monoisotopic (exact) mass is 406 g/mol. The molecule has 1 unspecified atom stereocenters. The number of carbonyl (C=O) groups excluding carboxylic acids is 2. The molecule has 27 heavy (non-hydrogen) atoms. The minimum atomic E-state index is -1.08. The van der Waals surface area contributed by atoms with Crippen molar-refractivity contribution in [1.82, 2.24) is 10.2 Å². The highest BCUT2D eigenvalue weighted by molar-refractivity contribution is 8.26. The highest BCUT2D eigenvalue weighted by Crippen LogP contribution is 2.32. The molecule has 1 saturated heterocycles. The predicted octanol–water partition coefficient (Wildman–Crippen LogP) is 2.96. The third-order valence-corrected chi connectivity index (χ3v) is 5.41. The Hall–Kier alpha value is -2.19. The van der Waals surface area contributed by atoms with Crippen LogP contribution in [0.4, 0.5) is 0 Å². The lowest BCUT2D eigenvalue weighted by Gasteiger charge is -2.18. The molecule has 2 N–H and O–H groups in total. The van der Waals surface area contributed by atoms with Crippen molar-refractivity contribution in [2.45, 2.75) is 39.2 Å². The molecule has 1 atom stereocenters. The molecule has 1 fully saturated rings. The first-order valence-electron chi connectivity index (χ1n) is 8.66. The SMILES string of the molecule is CCCCC(NC(=O)CN1C(=O)/C(=C/c2ccc(C)cc2)SC1=S)C(=O)O. The van der Waals surface area contributed by atoms with Crippen LogP contribution in [0.15, 0.2) is 29.2 Å². The van der Waals surface area contributed by atoms with E-state index in [9.17, 15) is 19.5 Å². The molecule has 0 aromatic heterocycles. The summed E-state index contributed by atoms with van der Waals surface area (Å²) in [6.07, 6.45) is 3.61. The van der Waals surface area contributed by atoms with Crippen LogP contribution in [0, 0.1) is 6.92 Å². The van der Waals surface area contributed by atoms with Crippen molar-refractivity contribution in [3.8, 4) is 0 Å². The Balaban J connectivity index is 2.03. The number of nitrogens with zero attached hydrogens (tertiary/aromatic N) is 1. The summed E-state index contributed by atoms with van der Waals surface area (Å²) >= 11 is 6.35. The van der Waals surface area contributed by atoms with Gasteiger partial charge in [-0.05, 0) is 25.0 Å². The van der Waals surface area contributed by atoms with Gasteiger partial charge in [0.15, 0.2) is 0 Å². The number of hydrogen-bond donors (Lipinski definition) is 2. The van der Waals surface area contributed by atoms with Gasteiger partial charge in [-0.3, -0.25) is 14.5 Å². The van der Waals surface area contributed by atoms with Gasteiger partial charge in [-0.25, -0.2) is 4.79 Å². The zero-order chi connectivity index (χ0) is 20.0. The van der Waals surface area contributed by atoms with E-state index in [1.807, 2.05) is 38.1 Å². The van der Waals surface area contributed by atoms with E-state index in [2.05, 4.69) is 5.32 Å². The molecule has 144 valence electrons. The summed E-state index contributed by atoms with van der Waals surface area (Å²) in [5.41, 5.74) is 1.99. The van der Waals surface area contributed by atoms with Crippen LogP contribution >= 0.6 is 24.0 Å². The van der Waals surface area contributed by atoms with E-state index in [0.717, 1.165) is 29.3 Å². The largest absolute Gasteiger partial charge is 0.480 e. The molecule has 1 heterocycles. The van der Waals surface area contributed by atoms with Crippen LogP contribution in [0.2, 0.25) is 0 Å². The van der Waals surface area contributed by atoms with Gasteiger partial charge in [0.2, 0.25) is 5.91 Å². The summed E-state index contributed by atoms with van der Waals surface area (Å²) in [5, 5.41) is 11.7. The topological polar surface area (TPSA) is 86.7 Å². The van der Waals surface area contributed by atoms with Crippen molar-refractivity contribution in [2.75, 3.05) is 6.54 Å². The van der Waals surface area contributed by atoms with Crippen molar-refractivity contribution in [1.29, 1.82) is 0 Å². The lowest BCUT2D eigenvalue weighted by Crippen LogP contribution is -2.46. The molecule has 8 heteroatoms. The first-order chi connectivity index (χ1) is 12.8. The van der Waals surface area contributed by atoms with Crippen LogP contribution in [0.3, 0.4) is 0 Å². The van der Waals surface area contributed by atoms with Crippen LogP contribution in [0.25, 0.3) is 6.08 Å². The summed E-state index contributed by atoms with van der Waals surface area (Å²) in [5.74, 6) is -1.96. The van der Waals surface area contributed by atoms with Gasteiger partial charge in [0.25, 0.3) is 5.91 Å². The third kappa shape index (κ3) is 5.90. The smallest absolute Gasteiger partial charge is 0.326 e. The number of thiocarbonyl (C=S) groups is 1. The van der Waals surface area contributed by atoms with Gasteiger partial charge in [-0.1, -0.05) is 73.6 Å². The number of amides is 2. The van der Waals surface area contributed by atoms with Gasteiger partial charge in [-0.15, -0.1) is 0 Å². The van der Waals surface area contributed by atoms with Crippen LogP contribution in [0.5, 0.6) is 0 Å². The Labute approximate surface area is 168 Å². The fraction of sp³-hybridized carbons (Fsp3) is 0.368. The molecule has 1 aromatic rings. The number of carbonyl (C=O) groups is 3. The standard InChI is InChI=1S/C19H22N2O4S2/c1-3-4-5-14(18(24)25)20-16(22)11-21-17(23)15(27-19(21)26)10-13-8-6-12(2)7-9-13/h6-10,14H,3-5,11H2,1-2H3,(H,20,22)(H,24,25)/b15-10-. The number of benzene rings is 1.